The summed E-state index contributed by atoms with van der Waals surface area (Å²) in [4.78, 5) is 13.6. The molecule has 0 amide bonds. The van der Waals surface area contributed by atoms with E-state index in [-0.39, 0.29) is 35.6 Å². The molecule has 0 saturated carbocycles. The van der Waals surface area contributed by atoms with E-state index in [2.05, 4.69) is 11.0 Å². The van der Waals surface area contributed by atoms with E-state index in [4.69, 9.17) is 4.74 Å². The number of ether oxygens (including phenoxy) is 1. The number of sulfonamides is 1. The zero-order valence-electron chi connectivity index (χ0n) is 22.3. The van der Waals surface area contributed by atoms with Crippen molar-refractivity contribution in [3.05, 3.63) is 65.2 Å². The monoisotopic (exact) mass is 542 g/mol. The first-order valence-electron chi connectivity index (χ1n) is 13.2. The maximum Gasteiger partial charge on any atom is 0.335 e. The van der Waals surface area contributed by atoms with Crippen molar-refractivity contribution >= 4 is 21.6 Å². The molecular formula is C29H38N2O6S. The molecule has 1 heterocycles. The number of benzene rings is 2. The fourth-order valence-electron chi connectivity index (χ4n) is 5.23. The summed E-state index contributed by atoms with van der Waals surface area (Å²) in [5, 5.41) is 19.2. The van der Waals surface area contributed by atoms with Crippen LogP contribution in [0, 0.1) is 5.92 Å². The largest absolute Gasteiger partial charge is 0.487 e. The molecule has 2 N–H and O–H groups in total. The highest BCUT2D eigenvalue weighted by molar-refractivity contribution is 7.89. The number of carboxylic acids is 1. The van der Waals surface area contributed by atoms with E-state index in [1.54, 1.807) is 31.2 Å². The zero-order valence-corrected chi connectivity index (χ0v) is 23.2. The van der Waals surface area contributed by atoms with Crippen LogP contribution in [-0.2, 0) is 16.6 Å². The molecule has 2 aromatic carbocycles. The van der Waals surface area contributed by atoms with Gasteiger partial charge < -0.3 is 14.9 Å². The Kier molecular flexibility index (Phi) is 8.92. The third-order valence-corrected chi connectivity index (χ3v) is 9.47. The summed E-state index contributed by atoms with van der Waals surface area (Å²) in [7, 11) is -1.95. The minimum Gasteiger partial charge on any atom is -0.487 e. The minimum absolute atomic E-state index is 0.117. The zero-order chi connectivity index (χ0) is 27.4. The number of aromatic carboxylic acids is 1. The van der Waals surface area contributed by atoms with Gasteiger partial charge in [0.1, 0.15) is 16.7 Å². The van der Waals surface area contributed by atoms with Crippen LogP contribution >= 0.6 is 0 Å². The van der Waals surface area contributed by atoms with Crippen LogP contribution in [0.15, 0.2) is 53.4 Å². The molecule has 0 fully saturated rings. The second-order valence-corrected chi connectivity index (χ2v) is 12.4. The van der Waals surface area contributed by atoms with Crippen molar-refractivity contribution in [1.29, 1.82) is 0 Å². The van der Waals surface area contributed by atoms with Crippen molar-refractivity contribution in [1.82, 2.24) is 9.21 Å². The van der Waals surface area contributed by atoms with Crippen molar-refractivity contribution in [2.24, 2.45) is 5.92 Å². The van der Waals surface area contributed by atoms with Crippen LogP contribution in [0.3, 0.4) is 0 Å². The van der Waals surface area contributed by atoms with Crippen LogP contribution < -0.4 is 4.74 Å². The number of carbonyl (C=O) groups is 1. The normalized spacial score (nSPS) is 22.5. The van der Waals surface area contributed by atoms with E-state index >= 15 is 0 Å². The van der Waals surface area contributed by atoms with Gasteiger partial charge in [0.05, 0.1) is 12.2 Å². The van der Waals surface area contributed by atoms with Crippen LogP contribution in [0.2, 0.25) is 0 Å². The molecule has 0 bridgehead atoms. The number of nitrogens with zero attached hydrogens (tertiary/aromatic N) is 2. The molecule has 1 aliphatic carbocycles. The van der Waals surface area contributed by atoms with Crippen LogP contribution in [-0.4, -0.2) is 72.7 Å². The van der Waals surface area contributed by atoms with Crippen molar-refractivity contribution < 1.29 is 28.2 Å². The lowest BCUT2D eigenvalue weighted by atomic mass is 9.93. The van der Waals surface area contributed by atoms with Gasteiger partial charge in [0, 0.05) is 31.6 Å². The third kappa shape index (κ3) is 6.29. The van der Waals surface area contributed by atoms with Gasteiger partial charge in [-0.15, -0.1) is 0 Å². The Labute approximate surface area is 225 Å². The van der Waals surface area contributed by atoms with Crippen molar-refractivity contribution in [3.63, 3.8) is 0 Å². The van der Waals surface area contributed by atoms with Crippen LogP contribution in [0.25, 0.3) is 5.57 Å². The summed E-state index contributed by atoms with van der Waals surface area (Å²) >= 11 is 0. The SMILES string of the molecule is C[C@H](CO)N1C[C@H](C)[C@@H](CN(C)Cc2cccc(C(=O)O)c2)Oc2cc(C3=CCCCC3)ccc2S1(=O)=O. The van der Waals surface area contributed by atoms with Gasteiger partial charge in [0.25, 0.3) is 0 Å². The Hall–Kier alpha value is -2.72. The van der Waals surface area contributed by atoms with Gasteiger partial charge in [-0.1, -0.05) is 31.2 Å². The first-order chi connectivity index (χ1) is 18.1. The maximum absolute atomic E-state index is 13.7. The fourth-order valence-corrected chi connectivity index (χ4v) is 7.06. The van der Waals surface area contributed by atoms with Gasteiger partial charge in [0.15, 0.2) is 0 Å². The highest BCUT2D eigenvalue weighted by Crippen LogP contribution is 2.37. The van der Waals surface area contributed by atoms with Gasteiger partial charge in [-0.05, 0) is 80.6 Å². The number of likely N-dealkylation sites (N-methyl/N-ethyl adjacent to an activating group) is 1. The third-order valence-electron chi connectivity index (χ3n) is 7.45. The van der Waals surface area contributed by atoms with E-state index in [1.165, 1.54) is 9.88 Å². The molecule has 0 aromatic heterocycles. The predicted molar refractivity (Wildman–Crippen MR) is 147 cm³/mol. The first kappa shape index (κ1) is 28.3. The minimum atomic E-state index is -3.89. The van der Waals surface area contributed by atoms with Gasteiger partial charge in [0.2, 0.25) is 10.0 Å². The van der Waals surface area contributed by atoms with E-state index < -0.39 is 22.0 Å². The molecule has 38 heavy (non-hydrogen) atoms. The number of aliphatic hydroxyl groups excluding tert-OH is 1. The molecule has 4 rings (SSSR count). The smallest absolute Gasteiger partial charge is 0.335 e. The maximum atomic E-state index is 13.7. The van der Waals surface area contributed by atoms with Gasteiger partial charge in [-0.3, -0.25) is 4.90 Å². The Bertz CT molecular complexity index is 1290. The van der Waals surface area contributed by atoms with Gasteiger partial charge in [-0.25, -0.2) is 13.2 Å². The number of rotatable bonds is 8. The average Bonchev–Trinajstić information content (AvgIpc) is 2.90. The molecule has 8 nitrogen and oxygen atoms in total. The Morgan fingerprint density at radius 3 is 2.68 bits per heavy atom. The summed E-state index contributed by atoms with van der Waals surface area (Å²) in [5.74, 6) is -0.800. The van der Waals surface area contributed by atoms with Gasteiger partial charge >= 0.3 is 5.97 Å². The topological polar surface area (TPSA) is 107 Å². The Balaban J connectivity index is 1.67. The molecule has 0 unspecified atom stereocenters. The Morgan fingerprint density at radius 1 is 1.21 bits per heavy atom. The molecule has 1 aliphatic heterocycles. The standard InChI is InChI=1S/C29H38N2O6S/c1-20-16-31(21(2)19-32)38(35,36)28-13-12-24(23-9-5-4-6-10-23)15-26(28)37-27(20)18-30(3)17-22-8-7-11-25(14-22)29(33)34/h7-9,11-15,20-21,27,32H,4-6,10,16-19H2,1-3H3,(H,33,34)/t20-,21+,27+/m0/s1. The number of aliphatic hydroxyl groups is 1. The number of hydrogen-bond donors (Lipinski definition) is 2. The molecular weight excluding hydrogens is 504 g/mol. The van der Waals surface area contributed by atoms with E-state index in [0.29, 0.717) is 18.8 Å². The molecule has 206 valence electrons. The molecule has 9 heteroatoms. The van der Waals surface area contributed by atoms with Crippen molar-refractivity contribution in [2.45, 2.75) is 63.1 Å². The summed E-state index contributed by atoms with van der Waals surface area (Å²) < 4.78 is 35.4. The number of carboxylic acid groups (broad SMARTS) is 1. The van der Waals surface area contributed by atoms with Gasteiger partial charge in [-0.2, -0.15) is 4.31 Å². The molecule has 2 aliphatic rings. The lowest BCUT2D eigenvalue weighted by Gasteiger charge is -2.37. The number of hydrogen-bond acceptors (Lipinski definition) is 6. The summed E-state index contributed by atoms with van der Waals surface area (Å²) in [6, 6.07) is 11.6. The second-order valence-electron chi connectivity index (χ2n) is 10.6. The summed E-state index contributed by atoms with van der Waals surface area (Å²) in [5.41, 5.74) is 3.30. The highest BCUT2D eigenvalue weighted by atomic mass is 32.2. The fraction of sp³-hybridized carbons (Fsp3) is 0.483. The number of fused-ring (bicyclic) bond motifs is 1. The van der Waals surface area contributed by atoms with Crippen LogP contribution in [0.5, 0.6) is 5.75 Å². The van der Waals surface area contributed by atoms with E-state index in [1.807, 2.05) is 32.2 Å². The van der Waals surface area contributed by atoms with Crippen LogP contribution in [0.4, 0.5) is 0 Å². The average molecular weight is 543 g/mol. The summed E-state index contributed by atoms with van der Waals surface area (Å²) in [6.07, 6.45) is 6.13. The summed E-state index contributed by atoms with van der Waals surface area (Å²) in [6.45, 7) is 4.63. The molecule has 2 aromatic rings. The number of allylic oxidation sites excluding steroid dienone is 2. The molecule has 3 atom stereocenters. The Morgan fingerprint density at radius 2 is 2.00 bits per heavy atom. The highest BCUT2D eigenvalue weighted by Gasteiger charge is 2.38. The van der Waals surface area contributed by atoms with Crippen molar-refractivity contribution in [3.8, 4) is 5.75 Å². The quantitative estimate of drug-likeness (QED) is 0.514. The molecule has 0 saturated heterocycles. The predicted octanol–water partition coefficient (Wildman–Crippen LogP) is 4.24. The lowest BCUT2D eigenvalue weighted by molar-refractivity contribution is 0.0693. The lowest BCUT2D eigenvalue weighted by Crippen LogP contribution is -2.49. The second kappa shape index (κ2) is 12.0. The van der Waals surface area contributed by atoms with Crippen molar-refractivity contribution in [2.75, 3.05) is 26.7 Å². The van der Waals surface area contributed by atoms with Crippen LogP contribution in [0.1, 0.15) is 61.0 Å². The van der Waals surface area contributed by atoms with E-state index in [0.717, 1.165) is 36.8 Å². The van der Waals surface area contributed by atoms with E-state index in [9.17, 15) is 23.4 Å². The first-order valence-corrected chi connectivity index (χ1v) is 14.7. The molecule has 0 spiro atoms. The molecule has 0 radical (unpaired) electrons.